The molecule has 368 valence electrons. The highest BCUT2D eigenvalue weighted by atomic mass is 16.6. The van der Waals surface area contributed by atoms with Crippen molar-refractivity contribution < 1.29 is 28.6 Å². The van der Waals surface area contributed by atoms with Crippen LogP contribution in [0, 0.1) is 11.8 Å². The van der Waals surface area contributed by atoms with Gasteiger partial charge in [0.05, 0.1) is 0 Å². The molecule has 0 aliphatic rings. The number of esters is 3. The third kappa shape index (κ3) is 47.9. The van der Waals surface area contributed by atoms with Gasteiger partial charge in [0.25, 0.3) is 0 Å². The van der Waals surface area contributed by atoms with Gasteiger partial charge < -0.3 is 14.2 Å². The van der Waals surface area contributed by atoms with Crippen molar-refractivity contribution in [1.82, 2.24) is 0 Å². The fraction of sp³-hybridized carbons (Fsp3) is 0.946. The molecule has 0 bridgehead atoms. The molecule has 0 amide bonds. The third-order valence-electron chi connectivity index (χ3n) is 13.1. The summed E-state index contributed by atoms with van der Waals surface area (Å²) in [7, 11) is 0. The van der Waals surface area contributed by atoms with Crippen LogP contribution in [-0.2, 0) is 28.6 Å². The molecule has 0 aromatic carbocycles. The maximum absolute atomic E-state index is 12.8. The SMILES string of the molecule is CCCCCCCC(=O)OC[C@H](COC(=O)CCCCCCCCCCCCCCCCC(C)CC)OC(=O)CCCCCCCCCCCCCCCCCCCCC(C)C. The Kier molecular flexibility index (Phi) is 47.6. The van der Waals surface area contributed by atoms with Crippen LogP contribution in [0.25, 0.3) is 0 Å². The second kappa shape index (κ2) is 48.9. The molecule has 0 saturated carbocycles. The Morgan fingerprint density at radius 1 is 0.339 bits per heavy atom. The van der Waals surface area contributed by atoms with Gasteiger partial charge >= 0.3 is 17.9 Å². The molecule has 0 radical (unpaired) electrons. The Bertz CT molecular complexity index is 949. The first-order valence-corrected chi connectivity index (χ1v) is 27.8. The van der Waals surface area contributed by atoms with Crippen molar-refractivity contribution in [3.8, 4) is 0 Å². The van der Waals surface area contributed by atoms with E-state index in [2.05, 4.69) is 34.6 Å². The molecule has 0 heterocycles. The van der Waals surface area contributed by atoms with Gasteiger partial charge in [0.15, 0.2) is 6.10 Å². The van der Waals surface area contributed by atoms with Gasteiger partial charge in [-0.1, -0.05) is 272 Å². The number of ether oxygens (including phenoxy) is 3. The lowest BCUT2D eigenvalue weighted by atomic mass is 9.99. The maximum Gasteiger partial charge on any atom is 0.306 e. The highest BCUT2D eigenvalue weighted by Crippen LogP contribution is 2.18. The van der Waals surface area contributed by atoms with E-state index >= 15 is 0 Å². The first-order chi connectivity index (χ1) is 30.3. The highest BCUT2D eigenvalue weighted by Gasteiger charge is 2.19. The van der Waals surface area contributed by atoms with Crippen molar-refractivity contribution in [2.45, 2.75) is 317 Å². The molecule has 0 spiro atoms. The predicted molar refractivity (Wildman–Crippen MR) is 266 cm³/mol. The van der Waals surface area contributed by atoms with Crippen LogP contribution in [0.5, 0.6) is 0 Å². The summed E-state index contributed by atoms with van der Waals surface area (Å²) in [5, 5.41) is 0. The van der Waals surface area contributed by atoms with Crippen LogP contribution in [0.3, 0.4) is 0 Å². The number of hydrogen-bond donors (Lipinski definition) is 0. The summed E-state index contributed by atoms with van der Waals surface area (Å²) in [4.78, 5) is 37.7. The van der Waals surface area contributed by atoms with Gasteiger partial charge in [0, 0.05) is 19.3 Å². The molecule has 2 atom stereocenters. The van der Waals surface area contributed by atoms with E-state index in [1.54, 1.807) is 0 Å². The molecule has 62 heavy (non-hydrogen) atoms. The lowest BCUT2D eigenvalue weighted by molar-refractivity contribution is -0.167. The van der Waals surface area contributed by atoms with Crippen molar-refractivity contribution in [2.24, 2.45) is 11.8 Å². The van der Waals surface area contributed by atoms with Crippen LogP contribution in [0.1, 0.15) is 311 Å². The summed E-state index contributed by atoms with van der Waals surface area (Å²) >= 11 is 0. The minimum absolute atomic E-state index is 0.0641. The molecule has 1 unspecified atom stereocenters. The number of rotatable bonds is 50. The largest absolute Gasteiger partial charge is 0.462 e. The van der Waals surface area contributed by atoms with Gasteiger partial charge in [-0.2, -0.15) is 0 Å². The van der Waals surface area contributed by atoms with Crippen LogP contribution in [-0.4, -0.2) is 37.2 Å². The summed E-state index contributed by atoms with van der Waals surface area (Å²) in [6.07, 6.45) is 51.3. The van der Waals surface area contributed by atoms with E-state index < -0.39 is 6.10 Å². The van der Waals surface area contributed by atoms with Crippen molar-refractivity contribution in [3.05, 3.63) is 0 Å². The smallest absolute Gasteiger partial charge is 0.306 e. The second-order valence-electron chi connectivity index (χ2n) is 19.9. The zero-order chi connectivity index (χ0) is 45.4. The van der Waals surface area contributed by atoms with Crippen molar-refractivity contribution in [1.29, 1.82) is 0 Å². The Labute approximate surface area is 387 Å². The first-order valence-electron chi connectivity index (χ1n) is 27.8. The fourth-order valence-corrected chi connectivity index (χ4v) is 8.49. The molecular weight excluding hydrogens is 769 g/mol. The maximum atomic E-state index is 12.8. The lowest BCUT2D eigenvalue weighted by Crippen LogP contribution is -2.30. The zero-order valence-corrected chi connectivity index (χ0v) is 42.5. The van der Waals surface area contributed by atoms with Crippen LogP contribution < -0.4 is 0 Å². The third-order valence-corrected chi connectivity index (χ3v) is 13.1. The van der Waals surface area contributed by atoms with E-state index in [1.165, 1.54) is 193 Å². The Morgan fingerprint density at radius 3 is 0.919 bits per heavy atom. The normalized spacial score (nSPS) is 12.5. The summed E-state index contributed by atoms with van der Waals surface area (Å²) in [6, 6.07) is 0. The quantitative estimate of drug-likeness (QED) is 0.0344. The van der Waals surface area contributed by atoms with Gasteiger partial charge in [0.1, 0.15) is 13.2 Å². The molecule has 0 saturated heterocycles. The van der Waals surface area contributed by atoms with Gasteiger partial charge in [-0.15, -0.1) is 0 Å². The van der Waals surface area contributed by atoms with Gasteiger partial charge in [0.2, 0.25) is 0 Å². The van der Waals surface area contributed by atoms with E-state index in [-0.39, 0.29) is 31.1 Å². The van der Waals surface area contributed by atoms with E-state index in [0.29, 0.717) is 19.3 Å². The number of carbonyl (C=O) groups is 3. The molecule has 0 aromatic rings. The Morgan fingerprint density at radius 2 is 0.613 bits per heavy atom. The van der Waals surface area contributed by atoms with Crippen LogP contribution in [0.2, 0.25) is 0 Å². The molecule has 0 rings (SSSR count). The monoisotopic (exact) mass is 877 g/mol. The van der Waals surface area contributed by atoms with E-state index in [9.17, 15) is 14.4 Å². The van der Waals surface area contributed by atoms with Crippen molar-refractivity contribution in [2.75, 3.05) is 13.2 Å². The summed E-state index contributed by atoms with van der Waals surface area (Å²) in [5.41, 5.74) is 0. The fourth-order valence-electron chi connectivity index (χ4n) is 8.49. The molecular formula is C56H108O6. The second-order valence-corrected chi connectivity index (χ2v) is 19.9. The Balaban J connectivity index is 4.06. The lowest BCUT2D eigenvalue weighted by Gasteiger charge is -2.18. The van der Waals surface area contributed by atoms with Gasteiger partial charge in [-0.05, 0) is 31.1 Å². The number of hydrogen-bond acceptors (Lipinski definition) is 6. The molecule has 6 nitrogen and oxygen atoms in total. The average molecular weight is 877 g/mol. The zero-order valence-electron chi connectivity index (χ0n) is 42.5. The highest BCUT2D eigenvalue weighted by molar-refractivity contribution is 5.71. The van der Waals surface area contributed by atoms with Crippen LogP contribution in [0.15, 0.2) is 0 Å². The first kappa shape index (κ1) is 60.4. The van der Waals surface area contributed by atoms with Crippen LogP contribution >= 0.6 is 0 Å². The van der Waals surface area contributed by atoms with Gasteiger partial charge in [-0.3, -0.25) is 14.4 Å². The van der Waals surface area contributed by atoms with Crippen molar-refractivity contribution >= 4 is 17.9 Å². The predicted octanol–water partition coefficient (Wildman–Crippen LogP) is 18.1. The topological polar surface area (TPSA) is 78.9 Å². The van der Waals surface area contributed by atoms with E-state index in [4.69, 9.17) is 14.2 Å². The summed E-state index contributed by atoms with van der Waals surface area (Å²) in [5.74, 6) is 0.896. The van der Waals surface area contributed by atoms with E-state index in [0.717, 1.165) is 76.0 Å². The molecule has 0 aliphatic heterocycles. The van der Waals surface area contributed by atoms with Gasteiger partial charge in [-0.25, -0.2) is 0 Å². The van der Waals surface area contributed by atoms with E-state index in [1.807, 2.05) is 0 Å². The van der Waals surface area contributed by atoms with Crippen LogP contribution in [0.4, 0.5) is 0 Å². The molecule has 0 N–H and O–H groups in total. The molecule has 6 heteroatoms. The number of unbranched alkanes of at least 4 members (excludes halogenated alkanes) is 34. The molecule has 0 aromatic heterocycles. The summed E-state index contributed by atoms with van der Waals surface area (Å²) < 4.78 is 16.7. The van der Waals surface area contributed by atoms with Crippen molar-refractivity contribution in [3.63, 3.8) is 0 Å². The molecule has 0 fully saturated rings. The Hall–Kier alpha value is -1.59. The minimum Gasteiger partial charge on any atom is -0.462 e. The number of carbonyl (C=O) groups excluding carboxylic acids is 3. The standard InChI is InChI=1S/C56H108O6/c1-6-8-9-34-41-46-54(57)60-49-53(50-61-55(58)47-42-37-32-28-24-20-17-16-19-23-27-31-36-40-45-52(5)7-2)62-56(59)48-43-38-33-29-25-21-15-13-11-10-12-14-18-22-26-30-35-39-44-51(3)4/h51-53H,6-50H2,1-5H3/t52?,53-/m1/s1. The minimum atomic E-state index is -0.760. The average Bonchev–Trinajstić information content (AvgIpc) is 3.26. The molecule has 0 aliphatic carbocycles. The summed E-state index contributed by atoms with van der Waals surface area (Å²) in [6.45, 7) is 11.4.